The predicted molar refractivity (Wildman–Crippen MR) is 139 cm³/mol. The van der Waals surface area contributed by atoms with Crippen LogP contribution >= 0.6 is 0 Å². The van der Waals surface area contributed by atoms with Crippen molar-refractivity contribution in [2.75, 3.05) is 5.32 Å². The van der Waals surface area contributed by atoms with Crippen LogP contribution in [0.5, 0.6) is 0 Å². The summed E-state index contributed by atoms with van der Waals surface area (Å²) in [6, 6.07) is 19.3. The fourth-order valence-corrected chi connectivity index (χ4v) is 4.53. The van der Waals surface area contributed by atoms with E-state index in [0.29, 0.717) is 5.92 Å². The van der Waals surface area contributed by atoms with Gasteiger partial charge >= 0.3 is 5.97 Å². The molecule has 0 saturated carbocycles. The van der Waals surface area contributed by atoms with Gasteiger partial charge in [-0.05, 0) is 53.6 Å². The number of aromatic amines is 1. The van der Waals surface area contributed by atoms with Crippen molar-refractivity contribution >= 4 is 22.6 Å². The van der Waals surface area contributed by atoms with Crippen molar-refractivity contribution in [3.05, 3.63) is 78.5 Å². The molecule has 0 radical (unpaired) electrons. The SMILES string of the molecule is CCCCCCCC[C@H](CC[C@H](/C=C/C(=O)O)Nc1ccc[nH]1)c1ccc2ccccc2c1. The molecular weight excluding hydrogens is 408 g/mol. The van der Waals surface area contributed by atoms with Gasteiger partial charge in [0.1, 0.15) is 5.82 Å². The third-order valence-electron chi connectivity index (χ3n) is 6.39. The quantitative estimate of drug-likeness (QED) is 0.164. The number of aromatic nitrogens is 1. The summed E-state index contributed by atoms with van der Waals surface area (Å²) < 4.78 is 0. The number of benzene rings is 2. The van der Waals surface area contributed by atoms with E-state index in [0.717, 1.165) is 18.7 Å². The maximum absolute atomic E-state index is 11.1. The van der Waals surface area contributed by atoms with Crippen molar-refractivity contribution < 1.29 is 9.90 Å². The number of carboxylic acids is 1. The van der Waals surface area contributed by atoms with Crippen molar-refractivity contribution in [1.29, 1.82) is 0 Å². The largest absolute Gasteiger partial charge is 0.478 e. The highest BCUT2D eigenvalue weighted by atomic mass is 16.4. The van der Waals surface area contributed by atoms with Crippen LogP contribution in [-0.4, -0.2) is 22.1 Å². The third-order valence-corrected chi connectivity index (χ3v) is 6.39. The Balaban J connectivity index is 1.69. The minimum absolute atomic E-state index is 0.0349. The number of anilines is 1. The van der Waals surface area contributed by atoms with E-state index < -0.39 is 5.97 Å². The first kappa shape index (κ1) is 24.6. The third kappa shape index (κ3) is 8.45. The van der Waals surface area contributed by atoms with Crippen molar-refractivity contribution in [1.82, 2.24) is 4.98 Å². The molecule has 3 aromatic rings. The summed E-state index contributed by atoms with van der Waals surface area (Å²) >= 11 is 0. The lowest BCUT2D eigenvalue weighted by molar-refractivity contribution is -0.131. The number of unbranched alkanes of at least 4 members (excludes halogenated alkanes) is 5. The monoisotopic (exact) mass is 446 g/mol. The van der Waals surface area contributed by atoms with E-state index in [-0.39, 0.29) is 6.04 Å². The molecule has 0 amide bonds. The molecule has 2 atom stereocenters. The Bertz CT molecular complexity index is 994. The number of rotatable bonds is 15. The summed E-state index contributed by atoms with van der Waals surface area (Å²) in [5, 5.41) is 15.1. The summed E-state index contributed by atoms with van der Waals surface area (Å²) in [6.45, 7) is 2.26. The number of fused-ring (bicyclic) bond motifs is 1. The van der Waals surface area contributed by atoms with Crippen LogP contribution in [0.25, 0.3) is 10.8 Å². The van der Waals surface area contributed by atoms with E-state index in [1.807, 2.05) is 18.3 Å². The number of carboxylic acid groups (broad SMARTS) is 1. The summed E-state index contributed by atoms with van der Waals surface area (Å²) in [6.07, 6.45) is 15.7. The van der Waals surface area contributed by atoms with Crippen LogP contribution in [0.2, 0.25) is 0 Å². The van der Waals surface area contributed by atoms with Gasteiger partial charge in [-0.2, -0.15) is 0 Å². The molecule has 0 bridgehead atoms. The van der Waals surface area contributed by atoms with Gasteiger partial charge in [0.15, 0.2) is 0 Å². The van der Waals surface area contributed by atoms with Crippen LogP contribution in [0.3, 0.4) is 0 Å². The van der Waals surface area contributed by atoms with Crippen molar-refractivity contribution in [3.8, 4) is 0 Å². The van der Waals surface area contributed by atoms with E-state index in [9.17, 15) is 4.79 Å². The molecular formula is C29H38N2O2. The number of hydrogen-bond acceptors (Lipinski definition) is 2. The molecule has 0 aliphatic carbocycles. The molecule has 0 saturated heterocycles. The molecule has 4 heteroatoms. The Kier molecular flexibility index (Phi) is 10.1. The minimum atomic E-state index is -0.911. The summed E-state index contributed by atoms with van der Waals surface area (Å²) in [5.41, 5.74) is 1.39. The van der Waals surface area contributed by atoms with Gasteiger partial charge in [0.25, 0.3) is 0 Å². The highest BCUT2D eigenvalue weighted by Crippen LogP contribution is 2.31. The Hall–Kier alpha value is -3.01. The summed E-state index contributed by atoms with van der Waals surface area (Å²) in [4.78, 5) is 14.3. The maximum Gasteiger partial charge on any atom is 0.328 e. The van der Waals surface area contributed by atoms with E-state index in [1.54, 1.807) is 6.08 Å². The molecule has 0 spiro atoms. The summed E-state index contributed by atoms with van der Waals surface area (Å²) in [7, 11) is 0. The molecule has 1 aromatic heterocycles. The molecule has 1 heterocycles. The van der Waals surface area contributed by atoms with E-state index in [1.165, 1.54) is 67.4 Å². The zero-order chi connectivity index (χ0) is 23.3. The second-order valence-electron chi connectivity index (χ2n) is 8.97. The van der Waals surface area contributed by atoms with Crippen LogP contribution in [0, 0.1) is 0 Å². The Morgan fingerprint density at radius 3 is 2.48 bits per heavy atom. The number of aliphatic carboxylic acids is 1. The molecule has 33 heavy (non-hydrogen) atoms. The zero-order valence-electron chi connectivity index (χ0n) is 19.8. The van der Waals surface area contributed by atoms with Gasteiger partial charge in [-0.1, -0.05) is 94.0 Å². The smallest absolute Gasteiger partial charge is 0.328 e. The number of H-pyrrole nitrogens is 1. The fourth-order valence-electron chi connectivity index (χ4n) is 4.53. The second kappa shape index (κ2) is 13.5. The van der Waals surface area contributed by atoms with E-state index in [2.05, 4.69) is 59.7 Å². The van der Waals surface area contributed by atoms with Gasteiger partial charge in [-0.3, -0.25) is 0 Å². The Morgan fingerprint density at radius 1 is 0.939 bits per heavy atom. The summed E-state index contributed by atoms with van der Waals surface area (Å²) in [5.74, 6) is 0.464. The molecule has 2 aromatic carbocycles. The van der Waals surface area contributed by atoms with Crippen LogP contribution in [-0.2, 0) is 4.79 Å². The van der Waals surface area contributed by atoms with E-state index >= 15 is 0 Å². The average Bonchev–Trinajstić information content (AvgIpc) is 3.34. The molecule has 3 N–H and O–H groups in total. The molecule has 0 fully saturated rings. The normalized spacial score (nSPS) is 13.4. The van der Waals surface area contributed by atoms with Gasteiger partial charge in [0.05, 0.1) is 0 Å². The minimum Gasteiger partial charge on any atom is -0.478 e. The highest BCUT2D eigenvalue weighted by Gasteiger charge is 2.15. The van der Waals surface area contributed by atoms with Crippen LogP contribution in [0.1, 0.15) is 76.2 Å². The van der Waals surface area contributed by atoms with Gasteiger partial charge in [0, 0.05) is 18.3 Å². The van der Waals surface area contributed by atoms with E-state index in [4.69, 9.17) is 5.11 Å². The maximum atomic E-state index is 11.1. The number of hydrogen-bond donors (Lipinski definition) is 3. The van der Waals surface area contributed by atoms with Crippen LogP contribution in [0.15, 0.2) is 72.9 Å². The lowest BCUT2D eigenvalue weighted by Gasteiger charge is -2.22. The molecule has 0 aliphatic heterocycles. The Labute approximate surface area is 198 Å². The predicted octanol–water partition coefficient (Wildman–Crippen LogP) is 7.90. The zero-order valence-corrected chi connectivity index (χ0v) is 19.8. The Morgan fingerprint density at radius 2 is 1.73 bits per heavy atom. The molecule has 4 nitrogen and oxygen atoms in total. The number of carbonyl (C=O) groups is 1. The van der Waals surface area contributed by atoms with Crippen molar-refractivity contribution in [2.24, 2.45) is 0 Å². The topological polar surface area (TPSA) is 65.1 Å². The van der Waals surface area contributed by atoms with Gasteiger partial charge in [0.2, 0.25) is 0 Å². The lowest BCUT2D eigenvalue weighted by Crippen LogP contribution is -2.19. The first-order valence-corrected chi connectivity index (χ1v) is 12.5. The second-order valence-corrected chi connectivity index (χ2v) is 8.97. The molecule has 3 rings (SSSR count). The first-order chi connectivity index (χ1) is 16.2. The number of nitrogens with one attached hydrogen (secondary N) is 2. The average molecular weight is 447 g/mol. The highest BCUT2D eigenvalue weighted by molar-refractivity contribution is 5.83. The molecule has 0 unspecified atom stereocenters. The lowest BCUT2D eigenvalue weighted by atomic mass is 9.86. The first-order valence-electron chi connectivity index (χ1n) is 12.5. The van der Waals surface area contributed by atoms with Gasteiger partial charge in [-0.25, -0.2) is 4.79 Å². The van der Waals surface area contributed by atoms with Crippen molar-refractivity contribution in [3.63, 3.8) is 0 Å². The molecule has 0 aliphatic rings. The van der Waals surface area contributed by atoms with Crippen molar-refractivity contribution in [2.45, 2.75) is 76.7 Å². The standard InChI is InChI=1S/C29H38N2O2/c1-2-3-4-5-6-7-11-24(26-16-15-23-12-8-9-13-25(23)22-26)17-18-27(19-20-29(32)33)31-28-14-10-21-30-28/h8-10,12-16,19-22,24,27,30-31H,2-7,11,17-18H2,1H3,(H,32,33)/b20-19+/t24-,27-/m1/s1. The fraction of sp³-hybridized carbons (Fsp3) is 0.414. The molecule has 176 valence electrons. The van der Waals surface area contributed by atoms with Crippen LogP contribution < -0.4 is 5.32 Å². The van der Waals surface area contributed by atoms with Crippen LogP contribution in [0.4, 0.5) is 5.82 Å². The van der Waals surface area contributed by atoms with Gasteiger partial charge < -0.3 is 15.4 Å². The van der Waals surface area contributed by atoms with Gasteiger partial charge in [-0.15, -0.1) is 0 Å².